The molecule has 0 fully saturated rings. The van der Waals surface area contributed by atoms with Crippen LogP contribution >= 0.6 is 15.9 Å². The van der Waals surface area contributed by atoms with Crippen molar-refractivity contribution in [2.24, 2.45) is 5.73 Å². The van der Waals surface area contributed by atoms with Gasteiger partial charge in [0.05, 0.1) is 21.5 Å². The number of nitro groups is 1. The lowest BCUT2D eigenvalue weighted by atomic mass is 10.1. The summed E-state index contributed by atoms with van der Waals surface area (Å²) in [5, 5.41) is 14.7. The molecule has 0 bridgehead atoms. The van der Waals surface area contributed by atoms with Gasteiger partial charge in [0.2, 0.25) is 0 Å². The Balaban J connectivity index is 2.06. The fourth-order valence-electron chi connectivity index (χ4n) is 2.41. The quantitative estimate of drug-likeness (QED) is 0.425. The number of nitrogens with two attached hydrogens (primary N) is 1. The molecular formula is C18H17BrFN5O3. The molecule has 8 nitrogen and oxygen atoms in total. The molecule has 0 aliphatic heterocycles. The molecule has 3 aromatic rings. The average molecular weight is 450 g/mol. The molecular weight excluding hydrogens is 433 g/mol. The van der Waals surface area contributed by atoms with Crippen molar-refractivity contribution in [3.8, 4) is 5.75 Å². The predicted octanol–water partition coefficient (Wildman–Crippen LogP) is 4.30. The third-order valence-electron chi connectivity index (χ3n) is 3.70. The van der Waals surface area contributed by atoms with E-state index in [1.54, 1.807) is 19.9 Å². The van der Waals surface area contributed by atoms with Gasteiger partial charge in [-0.15, -0.1) is 0 Å². The highest BCUT2D eigenvalue weighted by atomic mass is 79.9. The Morgan fingerprint density at radius 3 is 2.71 bits per heavy atom. The average Bonchev–Trinajstić information content (AvgIpc) is 2.61. The van der Waals surface area contributed by atoms with E-state index in [9.17, 15) is 14.5 Å². The molecule has 3 rings (SSSR count). The summed E-state index contributed by atoms with van der Waals surface area (Å²) >= 11 is 3.19. The summed E-state index contributed by atoms with van der Waals surface area (Å²) in [4.78, 5) is 19.2. The molecule has 1 heterocycles. The summed E-state index contributed by atoms with van der Waals surface area (Å²) in [6.07, 6.45) is 1.28. The number of nitro benzene ring substituents is 1. The van der Waals surface area contributed by atoms with E-state index in [1.807, 2.05) is 0 Å². The van der Waals surface area contributed by atoms with Crippen molar-refractivity contribution >= 4 is 44.0 Å². The van der Waals surface area contributed by atoms with Gasteiger partial charge in [-0.3, -0.25) is 10.1 Å². The number of anilines is 2. The van der Waals surface area contributed by atoms with E-state index in [-0.39, 0.29) is 29.5 Å². The van der Waals surface area contributed by atoms with Crippen LogP contribution in [0.1, 0.15) is 13.8 Å². The number of hydrogen-bond donors (Lipinski definition) is 2. The molecule has 10 heteroatoms. The van der Waals surface area contributed by atoms with Gasteiger partial charge in [-0.1, -0.05) is 15.9 Å². The lowest BCUT2D eigenvalue weighted by Gasteiger charge is -2.19. The number of aromatic nitrogens is 2. The summed E-state index contributed by atoms with van der Waals surface area (Å²) in [6.45, 7) is 3.58. The first kappa shape index (κ1) is 19.9. The number of hydrogen-bond acceptors (Lipinski definition) is 7. The van der Waals surface area contributed by atoms with Crippen molar-refractivity contribution < 1.29 is 14.1 Å². The van der Waals surface area contributed by atoms with Crippen LogP contribution in [0.25, 0.3) is 10.9 Å². The number of halogens is 2. The predicted molar refractivity (Wildman–Crippen MR) is 107 cm³/mol. The van der Waals surface area contributed by atoms with Crippen LogP contribution in [-0.4, -0.2) is 27.0 Å². The molecule has 28 heavy (non-hydrogen) atoms. The van der Waals surface area contributed by atoms with Crippen molar-refractivity contribution in [3.05, 3.63) is 57.1 Å². The highest BCUT2D eigenvalue weighted by molar-refractivity contribution is 9.10. The maximum Gasteiger partial charge on any atom is 0.311 e. The van der Waals surface area contributed by atoms with Gasteiger partial charge in [0.25, 0.3) is 0 Å². The SMILES string of the molecule is CC(C)(N)COc1cc2ncnc(Nc3ccc(Br)cc3F)c2cc1[N+](=O)[O-]. The van der Waals surface area contributed by atoms with E-state index in [2.05, 4.69) is 31.2 Å². The van der Waals surface area contributed by atoms with Crippen LogP contribution in [0.5, 0.6) is 5.75 Å². The van der Waals surface area contributed by atoms with Gasteiger partial charge in [0, 0.05) is 22.1 Å². The molecule has 0 spiro atoms. The number of benzene rings is 2. The van der Waals surface area contributed by atoms with E-state index in [1.165, 1.54) is 30.6 Å². The Kier molecular flexibility index (Phi) is 5.43. The summed E-state index contributed by atoms with van der Waals surface area (Å²) in [7, 11) is 0. The van der Waals surface area contributed by atoms with Crippen molar-refractivity contribution in [1.29, 1.82) is 0 Å². The fraction of sp³-hybridized carbons (Fsp3) is 0.222. The molecule has 0 saturated heterocycles. The Morgan fingerprint density at radius 1 is 1.32 bits per heavy atom. The van der Waals surface area contributed by atoms with Crippen molar-refractivity contribution in [1.82, 2.24) is 9.97 Å². The highest BCUT2D eigenvalue weighted by Crippen LogP contribution is 2.35. The Hall–Kier alpha value is -2.85. The van der Waals surface area contributed by atoms with Gasteiger partial charge < -0.3 is 15.8 Å². The summed E-state index contributed by atoms with van der Waals surface area (Å²) < 4.78 is 20.3. The molecule has 0 aliphatic rings. The first-order valence-electron chi connectivity index (χ1n) is 8.21. The standard InChI is InChI=1S/C18H17BrFN5O3/c1-18(2,21)8-28-16-7-14-11(6-15(16)25(26)27)17(23-9-22-14)24-13-4-3-10(19)5-12(13)20/h3-7,9H,8,21H2,1-2H3,(H,22,23,24). The first-order valence-corrected chi connectivity index (χ1v) is 9.00. The smallest absolute Gasteiger partial charge is 0.311 e. The van der Waals surface area contributed by atoms with Gasteiger partial charge in [0.1, 0.15) is 24.6 Å². The Bertz CT molecular complexity index is 1060. The zero-order valence-electron chi connectivity index (χ0n) is 15.1. The van der Waals surface area contributed by atoms with E-state index in [0.29, 0.717) is 15.4 Å². The lowest BCUT2D eigenvalue weighted by molar-refractivity contribution is -0.385. The summed E-state index contributed by atoms with van der Waals surface area (Å²) in [5.74, 6) is -0.212. The molecule has 2 aromatic carbocycles. The maximum absolute atomic E-state index is 14.1. The minimum Gasteiger partial charge on any atom is -0.485 e. The van der Waals surface area contributed by atoms with E-state index < -0.39 is 16.3 Å². The molecule has 1 aromatic heterocycles. The van der Waals surface area contributed by atoms with Crippen LogP contribution in [0.15, 0.2) is 41.1 Å². The van der Waals surface area contributed by atoms with E-state index >= 15 is 0 Å². The Morgan fingerprint density at radius 2 is 2.07 bits per heavy atom. The normalized spacial score (nSPS) is 11.5. The molecule has 3 N–H and O–H groups in total. The number of ether oxygens (including phenoxy) is 1. The third kappa shape index (κ3) is 4.52. The summed E-state index contributed by atoms with van der Waals surface area (Å²) in [6, 6.07) is 7.24. The van der Waals surface area contributed by atoms with Crippen LogP contribution in [0.2, 0.25) is 0 Å². The van der Waals surface area contributed by atoms with Crippen LogP contribution in [0.3, 0.4) is 0 Å². The highest BCUT2D eigenvalue weighted by Gasteiger charge is 2.22. The van der Waals surface area contributed by atoms with Crippen LogP contribution in [0.4, 0.5) is 21.6 Å². The number of nitrogens with one attached hydrogen (secondary N) is 1. The van der Waals surface area contributed by atoms with Gasteiger partial charge in [0.15, 0.2) is 5.75 Å². The molecule has 0 atom stereocenters. The van der Waals surface area contributed by atoms with Crippen molar-refractivity contribution in [2.45, 2.75) is 19.4 Å². The number of fused-ring (bicyclic) bond motifs is 1. The first-order chi connectivity index (χ1) is 13.1. The van der Waals surface area contributed by atoms with Gasteiger partial charge >= 0.3 is 5.69 Å². The lowest BCUT2D eigenvalue weighted by Crippen LogP contribution is -2.38. The second-order valence-electron chi connectivity index (χ2n) is 6.84. The molecule has 0 radical (unpaired) electrons. The number of rotatable bonds is 6. The topological polar surface area (TPSA) is 116 Å². The Labute approximate surface area is 168 Å². The largest absolute Gasteiger partial charge is 0.485 e. The molecule has 0 unspecified atom stereocenters. The summed E-state index contributed by atoms with van der Waals surface area (Å²) in [5.41, 5.74) is 5.55. The fourth-order valence-corrected chi connectivity index (χ4v) is 2.75. The van der Waals surface area contributed by atoms with Crippen LogP contribution in [-0.2, 0) is 0 Å². The molecule has 0 saturated carbocycles. The van der Waals surface area contributed by atoms with E-state index in [4.69, 9.17) is 10.5 Å². The monoisotopic (exact) mass is 449 g/mol. The molecule has 146 valence electrons. The van der Waals surface area contributed by atoms with Crippen molar-refractivity contribution in [2.75, 3.05) is 11.9 Å². The number of nitrogens with zero attached hydrogens (tertiary/aromatic N) is 3. The van der Waals surface area contributed by atoms with E-state index in [0.717, 1.165) is 0 Å². The molecule has 0 aliphatic carbocycles. The van der Waals surface area contributed by atoms with Crippen LogP contribution < -0.4 is 15.8 Å². The van der Waals surface area contributed by atoms with Gasteiger partial charge in [-0.05, 0) is 32.0 Å². The minimum atomic E-state index is -0.666. The third-order valence-corrected chi connectivity index (χ3v) is 4.19. The second kappa shape index (κ2) is 7.64. The minimum absolute atomic E-state index is 0.0514. The van der Waals surface area contributed by atoms with Crippen LogP contribution in [0, 0.1) is 15.9 Å². The van der Waals surface area contributed by atoms with Gasteiger partial charge in [-0.25, -0.2) is 14.4 Å². The van der Waals surface area contributed by atoms with Gasteiger partial charge in [-0.2, -0.15) is 0 Å². The second-order valence-corrected chi connectivity index (χ2v) is 7.76. The zero-order valence-corrected chi connectivity index (χ0v) is 16.7. The maximum atomic E-state index is 14.1. The van der Waals surface area contributed by atoms with Crippen molar-refractivity contribution in [3.63, 3.8) is 0 Å². The zero-order chi connectivity index (χ0) is 20.5. The molecule has 0 amide bonds.